The van der Waals surface area contributed by atoms with Gasteiger partial charge in [0.15, 0.2) is 0 Å². The molecule has 0 bridgehead atoms. The van der Waals surface area contributed by atoms with Gasteiger partial charge in [0.05, 0.1) is 0 Å². The van der Waals surface area contributed by atoms with Crippen molar-refractivity contribution in [2.24, 2.45) is 5.73 Å². The van der Waals surface area contributed by atoms with E-state index >= 15 is 0 Å². The van der Waals surface area contributed by atoms with Crippen molar-refractivity contribution < 1.29 is 0 Å². The maximum absolute atomic E-state index is 5.56. The monoisotopic (exact) mass is 240 g/mol. The minimum atomic E-state index is 0.483. The van der Waals surface area contributed by atoms with Gasteiger partial charge < -0.3 is 10.6 Å². The van der Waals surface area contributed by atoms with Gasteiger partial charge in [-0.25, -0.2) is 9.97 Å². The fraction of sp³-hybridized carbons (Fsp3) is 0.286. The topological polar surface area (TPSA) is 55.0 Å². The molecule has 2 heterocycles. The molecule has 0 unspecified atom stereocenters. The first-order chi connectivity index (χ1) is 8.88. The molecular formula is C14H16N4. The molecule has 92 valence electrons. The number of nitrogens with zero attached hydrogens (tertiary/aromatic N) is 3. The number of fused-ring (bicyclic) bond motifs is 1. The summed E-state index contributed by atoms with van der Waals surface area (Å²) in [4.78, 5) is 11.0. The molecule has 4 heteroatoms. The van der Waals surface area contributed by atoms with Crippen LogP contribution in [0.2, 0.25) is 0 Å². The molecule has 2 N–H and O–H groups in total. The van der Waals surface area contributed by atoms with E-state index in [0.29, 0.717) is 6.54 Å². The molecule has 1 aromatic carbocycles. The first-order valence-electron chi connectivity index (χ1n) is 6.25. The van der Waals surface area contributed by atoms with Gasteiger partial charge in [0.25, 0.3) is 0 Å². The van der Waals surface area contributed by atoms with Gasteiger partial charge in [-0.1, -0.05) is 18.2 Å². The molecule has 0 saturated heterocycles. The first kappa shape index (κ1) is 11.2. The molecule has 2 aromatic rings. The van der Waals surface area contributed by atoms with E-state index in [1.54, 1.807) is 12.4 Å². The Morgan fingerprint density at radius 2 is 1.94 bits per heavy atom. The summed E-state index contributed by atoms with van der Waals surface area (Å²) in [5, 5.41) is 0. The predicted octanol–water partition coefficient (Wildman–Crippen LogP) is 2.02. The van der Waals surface area contributed by atoms with Crippen LogP contribution in [0.1, 0.15) is 17.5 Å². The maximum atomic E-state index is 5.56. The quantitative estimate of drug-likeness (QED) is 0.872. The van der Waals surface area contributed by atoms with E-state index in [1.807, 2.05) is 0 Å². The number of aryl methyl sites for hydroxylation is 1. The smallest absolute Gasteiger partial charge is 0.229 e. The fourth-order valence-electron chi connectivity index (χ4n) is 2.33. The minimum absolute atomic E-state index is 0.483. The summed E-state index contributed by atoms with van der Waals surface area (Å²) in [6.45, 7) is 1.45. The van der Waals surface area contributed by atoms with Gasteiger partial charge in [-0.05, 0) is 24.5 Å². The molecule has 0 saturated carbocycles. The Balaban J connectivity index is 1.97. The van der Waals surface area contributed by atoms with Crippen molar-refractivity contribution >= 4 is 11.6 Å². The van der Waals surface area contributed by atoms with Crippen molar-refractivity contribution in [3.05, 3.63) is 47.8 Å². The summed E-state index contributed by atoms with van der Waals surface area (Å²) in [5.41, 5.74) is 9.12. The summed E-state index contributed by atoms with van der Waals surface area (Å²) in [5.74, 6) is 0.763. The molecule has 0 radical (unpaired) electrons. The molecule has 0 amide bonds. The third-order valence-electron chi connectivity index (χ3n) is 3.28. The normalized spacial score (nSPS) is 14.4. The molecule has 18 heavy (non-hydrogen) atoms. The molecule has 3 rings (SSSR count). The number of anilines is 2. The zero-order valence-corrected chi connectivity index (χ0v) is 10.2. The van der Waals surface area contributed by atoms with Gasteiger partial charge in [0.2, 0.25) is 5.95 Å². The van der Waals surface area contributed by atoms with E-state index in [4.69, 9.17) is 5.73 Å². The van der Waals surface area contributed by atoms with Crippen LogP contribution in [0, 0.1) is 0 Å². The lowest BCUT2D eigenvalue weighted by Crippen LogP contribution is -2.26. The Kier molecular flexibility index (Phi) is 2.94. The van der Waals surface area contributed by atoms with Crippen molar-refractivity contribution in [2.75, 3.05) is 11.4 Å². The lowest BCUT2D eigenvalue weighted by Gasteiger charge is -2.29. The summed E-state index contributed by atoms with van der Waals surface area (Å²) >= 11 is 0. The van der Waals surface area contributed by atoms with Gasteiger partial charge in [0.1, 0.15) is 0 Å². The van der Waals surface area contributed by atoms with Crippen LogP contribution in [0.3, 0.4) is 0 Å². The molecule has 4 nitrogen and oxygen atoms in total. The number of benzene rings is 1. The number of nitrogens with two attached hydrogens (primary N) is 1. The average molecular weight is 240 g/mol. The number of hydrogen-bond donors (Lipinski definition) is 1. The summed E-state index contributed by atoms with van der Waals surface area (Å²) in [6.07, 6.45) is 5.88. The van der Waals surface area contributed by atoms with E-state index in [9.17, 15) is 0 Å². The van der Waals surface area contributed by atoms with Crippen molar-refractivity contribution in [1.29, 1.82) is 0 Å². The van der Waals surface area contributed by atoms with Crippen LogP contribution in [0.5, 0.6) is 0 Å². The lowest BCUT2D eigenvalue weighted by atomic mass is 10.0. The average Bonchev–Trinajstić information content (AvgIpc) is 2.47. The number of aromatic nitrogens is 2. The van der Waals surface area contributed by atoms with E-state index in [1.165, 1.54) is 11.3 Å². The number of para-hydroxylation sites is 1. The van der Waals surface area contributed by atoms with Crippen LogP contribution >= 0.6 is 0 Å². The van der Waals surface area contributed by atoms with Crippen molar-refractivity contribution in [1.82, 2.24) is 9.97 Å². The highest BCUT2D eigenvalue weighted by Crippen LogP contribution is 2.30. The Morgan fingerprint density at radius 3 is 2.72 bits per heavy atom. The van der Waals surface area contributed by atoms with Gasteiger partial charge in [-0.2, -0.15) is 0 Å². The molecule has 0 atom stereocenters. The van der Waals surface area contributed by atoms with Crippen LogP contribution in [0.15, 0.2) is 36.7 Å². The maximum Gasteiger partial charge on any atom is 0.229 e. The van der Waals surface area contributed by atoms with E-state index in [0.717, 1.165) is 30.9 Å². The zero-order valence-electron chi connectivity index (χ0n) is 10.2. The molecule has 1 aliphatic rings. The van der Waals surface area contributed by atoms with Crippen LogP contribution in [0.25, 0.3) is 0 Å². The van der Waals surface area contributed by atoms with Crippen molar-refractivity contribution in [3.63, 3.8) is 0 Å². The van der Waals surface area contributed by atoms with Crippen LogP contribution in [0.4, 0.5) is 11.6 Å². The SMILES string of the molecule is NCc1cnc(N2CCCc3ccccc32)nc1. The third kappa shape index (κ3) is 1.95. The molecule has 1 aromatic heterocycles. The number of hydrogen-bond acceptors (Lipinski definition) is 4. The highest BCUT2D eigenvalue weighted by Gasteiger charge is 2.19. The highest BCUT2D eigenvalue weighted by molar-refractivity contribution is 5.63. The third-order valence-corrected chi connectivity index (χ3v) is 3.28. The van der Waals surface area contributed by atoms with Crippen molar-refractivity contribution in [2.45, 2.75) is 19.4 Å². The molecule has 0 fully saturated rings. The second kappa shape index (κ2) is 4.74. The second-order valence-corrected chi connectivity index (χ2v) is 4.48. The van der Waals surface area contributed by atoms with E-state index in [2.05, 4.69) is 39.1 Å². The molecule has 0 aliphatic carbocycles. The van der Waals surface area contributed by atoms with Crippen LogP contribution in [-0.2, 0) is 13.0 Å². The van der Waals surface area contributed by atoms with Gasteiger partial charge in [-0.15, -0.1) is 0 Å². The Labute approximate surface area is 106 Å². The lowest BCUT2D eigenvalue weighted by molar-refractivity contribution is 0.749. The van der Waals surface area contributed by atoms with Gasteiger partial charge in [0, 0.05) is 36.7 Å². The largest absolute Gasteiger partial charge is 0.326 e. The molecule has 0 spiro atoms. The minimum Gasteiger partial charge on any atom is -0.326 e. The highest BCUT2D eigenvalue weighted by atomic mass is 15.3. The van der Waals surface area contributed by atoms with Crippen LogP contribution in [-0.4, -0.2) is 16.5 Å². The predicted molar refractivity (Wildman–Crippen MR) is 71.7 cm³/mol. The first-order valence-corrected chi connectivity index (χ1v) is 6.25. The summed E-state index contributed by atoms with van der Waals surface area (Å²) in [7, 11) is 0. The fourth-order valence-corrected chi connectivity index (χ4v) is 2.33. The molecule has 1 aliphatic heterocycles. The summed E-state index contributed by atoms with van der Waals surface area (Å²) < 4.78 is 0. The second-order valence-electron chi connectivity index (χ2n) is 4.48. The van der Waals surface area contributed by atoms with Gasteiger partial charge >= 0.3 is 0 Å². The Bertz CT molecular complexity index is 536. The van der Waals surface area contributed by atoms with Crippen molar-refractivity contribution in [3.8, 4) is 0 Å². The summed E-state index contributed by atoms with van der Waals surface area (Å²) in [6, 6.07) is 8.45. The van der Waals surface area contributed by atoms with E-state index < -0.39 is 0 Å². The van der Waals surface area contributed by atoms with Gasteiger partial charge in [-0.3, -0.25) is 0 Å². The standard InChI is InChI=1S/C14H16N4/c15-8-11-9-16-14(17-10-11)18-7-3-5-12-4-1-2-6-13(12)18/h1-2,4,6,9-10H,3,5,7-8,15H2. The van der Waals surface area contributed by atoms with E-state index in [-0.39, 0.29) is 0 Å². The zero-order chi connectivity index (χ0) is 12.4. The Hall–Kier alpha value is -1.94. The number of rotatable bonds is 2. The Morgan fingerprint density at radius 1 is 1.17 bits per heavy atom. The molecular weight excluding hydrogens is 224 g/mol. The van der Waals surface area contributed by atoms with Crippen LogP contribution < -0.4 is 10.6 Å².